The lowest BCUT2D eigenvalue weighted by molar-refractivity contribution is 1.14. The lowest BCUT2D eigenvalue weighted by Crippen LogP contribution is -1.72. The summed E-state index contributed by atoms with van der Waals surface area (Å²) < 4.78 is 0. The number of hydrogen-bond donors (Lipinski definition) is 0. The Labute approximate surface area is 69.0 Å². The Balaban J connectivity index is 2.43. The SMILES string of the molecule is [CH2]CSSc1ccccn1. The van der Waals surface area contributed by atoms with Crippen molar-refractivity contribution in [3.63, 3.8) is 0 Å². The van der Waals surface area contributed by atoms with Crippen LogP contribution in [-0.2, 0) is 0 Å². The molecule has 0 atom stereocenters. The molecule has 53 valence electrons. The fourth-order valence-corrected chi connectivity index (χ4v) is 1.85. The van der Waals surface area contributed by atoms with Gasteiger partial charge in [0.15, 0.2) is 0 Å². The van der Waals surface area contributed by atoms with Gasteiger partial charge in [-0.2, -0.15) is 0 Å². The fourth-order valence-electron chi connectivity index (χ4n) is 0.498. The predicted octanol–water partition coefficient (Wildman–Crippen LogP) is 2.66. The van der Waals surface area contributed by atoms with Gasteiger partial charge >= 0.3 is 0 Å². The van der Waals surface area contributed by atoms with Crippen LogP contribution in [0.2, 0.25) is 0 Å². The topological polar surface area (TPSA) is 12.9 Å². The maximum Gasteiger partial charge on any atom is 0.106 e. The lowest BCUT2D eigenvalue weighted by atomic mass is 10.5. The Morgan fingerprint density at radius 3 is 3.00 bits per heavy atom. The van der Waals surface area contributed by atoms with Gasteiger partial charge in [0.2, 0.25) is 0 Å². The number of aromatic nitrogens is 1. The van der Waals surface area contributed by atoms with E-state index < -0.39 is 0 Å². The van der Waals surface area contributed by atoms with E-state index in [-0.39, 0.29) is 0 Å². The first kappa shape index (κ1) is 7.95. The van der Waals surface area contributed by atoms with Crippen molar-refractivity contribution < 1.29 is 0 Å². The van der Waals surface area contributed by atoms with Crippen LogP contribution < -0.4 is 0 Å². The first-order chi connectivity index (χ1) is 4.93. The summed E-state index contributed by atoms with van der Waals surface area (Å²) in [6, 6.07) is 5.89. The van der Waals surface area contributed by atoms with Gasteiger partial charge in [-0.05, 0) is 29.9 Å². The third-order valence-electron chi connectivity index (χ3n) is 0.865. The average Bonchev–Trinajstić information content (AvgIpc) is 2.03. The van der Waals surface area contributed by atoms with E-state index in [4.69, 9.17) is 0 Å². The van der Waals surface area contributed by atoms with Gasteiger partial charge in [-0.25, -0.2) is 4.98 Å². The van der Waals surface area contributed by atoms with E-state index in [0.717, 1.165) is 10.8 Å². The van der Waals surface area contributed by atoms with Gasteiger partial charge in [0.25, 0.3) is 0 Å². The molecule has 1 nitrogen and oxygen atoms in total. The van der Waals surface area contributed by atoms with Crippen molar-refractivity contribution in [1.82, 2.24) is 4.98 Å². The Bertz CT molecular complexity index is 176. The largest absolute Gasteiger partial charge is 0.249 e. The van der Waals surface area contributed by atoms with Crippen molar-refractivity contribution >= 4 is 21.6 Å². The van der Waals surface area contributed by atoms with Crippen LogP contribution in [0.15, 0.2) is 29.4 Å². The van der Waals surface area contributed by atoms with Crippen molar-refractivity contribution in [1.29, 1.82) is 0 Å². The van der Waals surface area contributed by atoms with Crippen molar-refractivity contribution in [2.24, 2.45) is 0 Å². The second-order valence-electron chi connectivity index (χ2n) is 1.57. The van der Waals surface area contributed by atoms with Crippen LogP contribution in [0.5, 0.6) is 0 Å². The van der Waals surface area contributed by atoms with E-state index in [2.05, 4.69) is 11.9 Å². The summed E-state index contributed by atoms with van der Waals surface area (Å²) in [4.78, 5) is 4.13. The quantitative estimate of drug-likeness (QED) is 0.647. The zero-order valence-electron chi connectivity index (χ0n) is 5.49. The zero-order chi connectivity index (χ0) is 7.23. The molecule has 10 heavy (non-hydrogen) atoms. The molecule has 0 spiro atoms. The summed E-state index contributed by atoms with van der Waals surface area (Å²) in [7, 11) is 3.37. The van der Waals surface area contributed by atoms with Crippen molar-refractivity contribution in [3.05, 3.63) is 31.3 Å². The van der Waals surface area contributed by atoms with Crippen molar-refractivity contribution in [3.8, 4) is 0 Å². The molecule has 0 bridgehead atoms. The second kappa shape index (κ2) is 4.63. The lowest BCUT2D eigenvalue weighted by Gasteiger charge is -1.94. The minimum Gasteiger partial charge on any atom is -0.249 e. The molecule has 1 radical (unpaired) electrons. The molecule has 0 saturated carbocycles. The standard InChI is InChI=1S/C7H8NS2/c1-2-9-10-7-5-3-4-6-8-7/h3-6H,1-2H2. The number of pyridine rings is 1. The first-order valence-electron chi connectivity index (χ1n) is 2.93. The van der Waals surface area contributed by atoms with Crippen LogP contribution in [0.25, 0.3) is 0 Å². The normalized spacial score (nSPS) is 9.70. The predicted molar refractivity (Wildman–Crippen MR) is 47.9 cm³/mol. The smallest absolute Gasteiger partial charge is 0.106 e. The molecule has 1 rings (SSSR count). The molecular weight excluding hydrogens is 162 g/mol. The highest BCUT2D eigenvalue weighted by atomic mass is 33.1. The maximum absolute atomic E-state index is 4.13. The van der Waals surface area contributed by atoms with Gasteiger partial charge < -0.3 is 0 Å². The summed E-state index contributed by atoms with van der Waals surface area (Å²) in [5, 5.41) is 1.05. The van der Waals surface area contributed by atoms with Gasteiger partial charge in [-0.15, -0.1) is 0 Å². The molecule has 0 aromatic carbocycles. The van der Waals surface area contributed by atoms with E-state index in [1.54, 1.807) is 27.8 Å². The Morgan fingerprint density at radius 2 is 2.40 bits per heavy atom. The van der Waals surface area contributed by atoms with E-state index in [1.807, 2.05) is 18.2 Å². The van der Waals surface area contributed by atoms with Crippen molar-refractivity contribution in [2.75, 3.05) is 5.75 Å². The minimum absolute atomic E-state index is 0.876. The molecule has 0 aliphatic rings. The van der Waals surface area contributed by atoms with Crippen LogP contribution in [0.3, 0.4) is 0 Å². The Morgan fingerprint density at radius 1 is 1.50 bits per heavy atom. The van der Waals surface area contributed by atoms with Gasteiger partial charge in [0.05, 0.1) is 0 Å². The highest BCUT2D eigenvalue weighted by Gasteiger charge is 1.90. The monoisotopic (exact) mass is 170 g/mol. The molecule has 0 aliphatic carbocycles. The highest BCUT2D eigenvalue weighted by Crippen LogP contribution is 2.27. The van der Waals surface area contributed by atoms with Crippen LogP contribution in [-0.4, -0.2) is 10.7 Å². The first-order valence-corrected chi connectivity index (χ1v) is 5.25. The number of hydrogen-bond acceptors (Lipinski definition) is 3. The van der Waals surface area contributed by atoms with Gasteiger partial charge in [0, 0.05) is 11.9 Å². The molecule has 1 aromatic heterocycles. The number of nitrogens with zero attached hydrogens (tertiary/aromatic N) is 1. The Kier molecular flexibility index (Phi) is 3.68. The molecule has 0 N–H and O–H groups in total. The summed E-state index contributed by atoms with van der Waals surface area (Å²) in [5.41, 5.74) is 0. The zero-order valence-corrected chi connectivity index (χ0v) is 7.12. The summed E-state index contributed by atoms with van der Waals surface area (Å²) in [6.45, 7) is 3.72. The third-order valence-corrected chi connectivity index (χ3v) is 2.93. The minimum atomic E-state index is 0.876. The van der Waals surface area contributed by atoms with Crippen LogP contribution >= 0.6 is 21.6 Å². The molecule has 0 fully saturated rings. The van der Waals surface area contributed by atoms with Gasteiger partial charge in [0.1, 0.15) is 5.03 Å². The molecule has 0 unspecified atom stereocenters. The van der Waals surface area contributed by atoms with E-state index in [0.29, 0.717) is 0 Å². The van der Waals surface area contributed by atoms with Gasteiger partial charge in [-0.3, -0.25) is 0 Å². The molecule has 3 heteroatoms. The van der Waals surface area contributed by atoms with Crippen LogP contribution in [0.1, 0.15) is 0 Å². The van der Waals surface area contributed by atoms with E-state index in [9.17, 15) is 0 Å². The average molecular weight is 170 g/mol. The van der Waals surface area contributed by atoms with Crippen molar-refractivity contribution in [2.45, 2.75) is 5.03 Å². The fraction of sp³-hybridized carbons (Fsp3) is 0.143. The molecule has 0 amide bonds. The molecular formula is C7H8NS2. The van der Waals surface area contributed by atoms with E-state index >= 15 is 0 Å². The molecule has 0 saturated heterocycles. The Hall–Kier alpha value is -0.150. The molecule has 0 aliphatic heterocycles. The maximum atomic E-state index is 4.13. The number of rotatable bonds is 3. The van der Waals surface area contributed by atoms with Crippen LogP contribution in [0, 0.1) is 6.92 Å². The molecule has 1 aromatic rings. The second-order valence-corrected chi connectivity index (χ2v) is 4.01. The van der Waals surface area contributed by atoms with E-state index in [1.165, 1.54) is 0 Å². The molecule has 1 heterocycles. The van der Waals surface area contributed by atoms with Gasteiger partial charge in [-0.1, -0.05) is 16.9 Å². The summed E-state index contributed by atoms with van der Waals surface area (Å²) in [6.07, 6.45) is 1.80. The third kappa shape index (κ3) is 2.62. The highest BCUT2D eigenvalue weighted by molar-refractivity contribution is 8.76. The van der Waals surface area contributed by atoms with Crippen LogP contribution in [0.4, 0.5) is 0 Å². The summed E-state index contributed by atoms with van der Waals surface area (Å²) >= 11 is 0. The summed E-state index contributed by atoms with van der Waals surface area (Å²) in [5.74, 6) is 0.876.